The summed E-state index contributed by atoms with van der Waals surface area (Å²) in [6.45, 7) is 7.80. The highest BCUT2D eigenvalue weighted by molar-refractivity contribution is 6.17. The summed E-state index contributed by atoms with van der Waals surface area (Å²) < 4.78 is 21.9. The highest BCUT2D eigenvalue weighted by Crippen LogP contribution is 2.32. The van der Waals surface area contributed by atoms with Crippen LogP contribution < -0.4 is 4.74 Å². The summed E-state index contributed by atoms with van der Waals surface area (Å²) in [4.78, 5) is 36.3. The summed E-state index contributed by atoms with van der Waals surface area (Å²) in [5, 5.41) is 0. The van der Waals surface area contributed by atoms with Gasteiger partial charge >= 0.3 is 17.9 Å². The largest absolute Gasteiger partial charge is 0.494 e. The highest BCUT2D eigenvalue weighted by atomic mass is 35.5. The normalized spacial score (nSPS) is 13.1. The minimum Gasteiger partial charge on any atom is -0.494 e. The molecule has 0 heterocycles. The fraction of sp³-hybridized carbons (Fsp3) is 0.300. The van der Waals surface area contributed by atoms with Crippen molar-refractivity contribution < 1.29 is 33.3 Å². The third-order valence-electron chi connectivity index (χ3n) is 6.06. The van der Waals surface area contributed by atoms with Gasteiger partial charge in [-0.25, -0.2) is 14.4 Å². The molecule has 0 spiro atoms. The molecular weight excluding hydrogens is 508 g/mol. The lowest BCUT2D eigenvalue weighted by molar-refractivity contribution is -0.137. The predicted molar refractivity (Wildman–Crippen MR) is 144 cm³/mol. The molecule has 1 aliphatic rings. The van der Waals surface area contributed by atoms with Crippen molar-refractivity contribution in [3.8, 4) is 5.75 Å². The first kappa shape index (κ1) is 28.7. The molecule has 38 heavy (non-hydrogen) atoms. The second-order valence-corrected chi connectivity index (χ2v) is 8.92. The molecule has 3 rings (SSSR count). The van der Waals surface area contributed by atoms with Gasteiger partial charge in [0.1, 0.15) is 17.3 Å². The van der Waals surface area contributed by atoms with Gasteiger partial charge in [0.15, 0.2) is 0 Å². The van der Waals surface area contributed by atoms with Crippen molar-refractivity contribution in [1.82, 2.24) is 0 Å². The van der Waals surface area contributed by atoms with Gasteiger partial charge < -0.3 is 18.9 Å². The van der Waals surface area contributed by atoms with Crippen molar-refractivity contribution in [3.63, 3.8) is 0 Å². The maximum absolute atomic E-state index is 12.7. The average Bonchev–Trinajstić information content (AvgIpc) is 2.94. The SMILES string of the molecule is C=CC(=O)OCCCCOc1ccc(C(=O)OC2=C(C)C(C)=C(OC(=O)c3ccc(CCl)cc3)CC2)cc1. The molecule has 0 N–H and O–H groups in total. The molecule has 0 bridgehead atoms. The van der Waals surface area contributed by atoms with Gasteiger partial charge in [0, 0.05) is 24.8 Å². The van der Waals surface area contributed by atoms with Crippen LogP contribution in [0, 0.1) is 0 Å². The molecule has 0 fully saturated rings. The smallest absolute Gasteiger partial charge is 0.343 e. The molecule has 0 radical (unpaired) electrons. The van der Waals surface area contributed by atoms with Crippen LogP contribution in [-0.2, 0) is 24.9 Å². The van der Waals surface area contributed by atoms with Crippen molar-refractivity contribution in [2.75, 3.05) is 13.2 Å². The molecule has 0 amide bonds. The van der Waals surface area contributed by atoms with Crippen LogP contribution in [0.4, 0.5) is 0 Å². The van der Waals surface area contributed by atoms with Crippen molar-refractivity contribution in [2.24, 2.45) is 0 Å². The molecule has 1 aliphatic carbocycles. The first-order valence-corrected chi connectivity index (χ1v) is 12.9. The number of hydrogen-bond acceptors (Lipinski definition) is 7. The number of ether oxygens (including phenoxy) is 4. The zero-order valence-corrected chi connectivity index (χ0v) is 22.3. The van der Waals surface area contributed by atoms with E-state index in [1.54, 1.807) is 48.5 Å². The number of halogens is 1. The lowest BCUT2D eigenvalue weighted by atomic mass is 9.97. The van der Waals surface area contributed by atoms with Crippen LogP contribution in [0.3, 0.4) is 0 Å². The number of hydrogen-bond donors (Lipinski definition) is 0. The lowest BCUT2D eigenvalue weighted by Crippen LogP contribution is -2.14. The van der Waals surface area contributed by atoms with Gasteiger partial charge in [-0.1, -0.05) is 18.7 Å². The first-order chi connectivity index (χ1) is 18.3. The Hall–Kier alpha value is -3.84. The van der Waals surface area contributed by atoms with Crippen LogP contribution in [0.15, 0.2) is 83.9 Å². The second-order valence-electron chi connectivity index (χ2n) is 8.66. The molecule has 2 aromatic rings. The van der Waals surface area contributed by atoms with Gasteiger partial charge in [-0.3, -0.25) is 0 Å². The number of esters is 3. The van der Waals surface area contributed by atoms with Crippen molar-refractivity contribution >= 4 is 29.5 Å². The predicted octanol–water partition coefficient (Wildman–Crippen LogP) is 6.67. The average molecular weight is 539 g/mol. The van der Waals surface area contributed by atoms with Crippen molar-refractivity contribution in [2.45, 2.75) is 45.4 Å². The first-order valence-electron chi connectivity index (χ1n) is 12.3. The molecule has 0 aliphatic heterocycles. The van der Waals surface area contributed by atoms with Gasteiger partial charge in [0.2, 0.25) is 0 Å². The van der Waals surface area contributed by atoms with E-state index in [-0.39, 0.29) is 0 Å². The van der Waals surface area contributed by atoms with E-state index in [1.165, 1.54) is 0 Å². The van der Waals surface area contributed by atoms with Gasteiger partial charge in [-0.2, -0.15) is 0 Å². The Labute approximate surface area is 227 Å². The van der Waals surface area contributed by atoms with Crippen LogP contribution in [0.5, 0.6) is 5.75 Å². The number of carbonyl (C=O) groups excluding carboxylic acids is 3. The molecular formula is C30H31ClO7. The third kappa shape index (κ3) is 8.08. The summed E-state index contributed by atoms with van der Waals surface area (Å²) >= 11 is 5.80. The number of allylic oxidation sites excluding steroid dienone is 4. The van der Waals surface area contributed by atoms with Gasteiger partial charge in [0.05, 0.1) is 24.3 Å². The Kier molecular flexibility index (Phi) is 10.7. The van der Waals surface area contributed by atoms with E-state index >= 15 is 0 Å². The lowest BCUT2D eigenvalue weighted by Gasteiger charge is -2.22. The molecule has 0 aromatic heterocycles. The number of carbonyl (C=O) groups is 3. The van der Waals surface area contributed by atoms with Crippen molar-refractivity contribution in [1.29, 1.82) is 0 Å². The zero-order valence-electron chi connectivity index (χ0n) is 21.6. The fourth-order valence-corrected chi connectivity index (χ4v) is 3.84. The van der Waals surface area contributed by atoms with Gasteiger partial charge in [-0.05, 0) is 79.8 Å². The number of benzene rings is 2. The van der Waals surface area contributed by atoms with Crippen LogP contribution in [0.25, 0.3) is 0 Å². The van der Waals surface area contributed by atoms with E-state index in [4.69, 9.17) is 30.5 Å². The van der Waals surface area contributed by atoms with E-state index < -0.39 is 17.9 Å². The van der Waals surface area contributed by atoms with Crippen LogP contribution in [0.2, 0.25) is 0 Å². The summed E-state index contributed by atoms with van der Waals surface area (Å²) in [6.07, 6.45) is 3.40. The summed E-state index contributed by atoms with van der Waals surface area (Å²) in [6, 6.07) is 13.7. The molecule has 0 unspecified atom stereocenters. The molecule has 0 atom stereocenters. The fourth-order valence-electron chi connectivity index (χ4n) is 3.66. The standard InChI is InChI=1S/C30H31ClO7/c1-4-28(32)36-18-6-5-17-35-25-13-11-24(12-14-25)30(34)38-27-16-15-26(20(2)21(27)3)37-29(33)23-9-7-22(19-31)8-10-23/h4,7-14H,1,5-6,15-19H2,2-3H3. The number of rotatable bonds is 12. The molecule has 8 heteroatoms. The minimum atomic E-state index is -0.470. The Morgan fingerprint density at radius 3 is 1.82 bits per heavy atom. The molecule has 2 aromatic carbocycles. The molecule has 0 saturated heterocycles. The quantitative estimate of drug-likeness (QED) is 0.0980. The monoisotopic (exact) mass is 538 g/mol. The van der Waals surface area contributed by atoms with E-state index in [1.807, 2.05) is 13.8 Å². The summed E-state index contributed by atoms with van der Waals surface area (Å²) in [5.74, 6) is 0.772. The van der Waals surface area contributed by atoms with Crippen LogP contribution in [0.1, 0.15) is 65.8 Å². The summed E-state index contributed by atoms with van der Waals surface area (Å²) in [5.41, 5.74) is 3.30. The van der Waals surface area contributed by atoms with Crippen molar-refractivity contribution in [3.05, 3.63) is 101 Å². The van der Waals surface area contributed by atoms with E-state index in [0.717, 1.165) is 22.8 Å². The zero-order chi connectivity index (χ0) is 27.5. The third-order valence-corrected chi connectivity index (χ3v) is 6.37. The van der Waals surface area contributed by atoms with Gasteiger partial charge in [-0.15, -0.1) is 11.6 Å². The van der Waals surface area contributed by atoms with E-state index in [2.05, 4.69) is 6.58 Å². The van der Waals surface area contributed by atoms with E-state index in [9.17, 15) is 14.4 Å². The number of alkyl halides is 1. The molecule has 0 saturated carbocycles. The van der Waals surface area contributed by atoms with Gasteiger partial charge in [0.25, 0.3) is 0 Å². The minimum absolute atomic E-state index is 0.315. The maximum atomic E-state index is 12.7. The summed E-state index contributed by atoms with van der Waals surface area (Å²) in [7, 11) is 0. The topological polar surface area (TPSA) is 88.1 Å². The second kappa shape index (κ2) is 14.2. The maximum Gasteiger partial charge on any atom is 0.343 e. The number of unbranched alkanes of at least 4 members (excludes halogenated alkanes) is 1. The highest BCUT2D eigenvalue weighted by Gasteiger charge is 2.23. The Morgan fingerprint density at radius 2 is 1.32 bits per heavy atom. The Balaban J connectivity index is 1.52. The Bertz CT molecular complexity index is 1220. The molecule has 7 nitrogen and oxygen atoms in total. The van der Waals surface area contributed by atoms with Crippen LogP contribution >= 0.6 is 11.6 Å². The van der Waals surface area contributed by atoms with E-state index in [0.29, 0.717) is 73.2 Å². The molecule has 200 valence electrons. The van der Waals surface area contributed by atoms with Crippen LogP contribution in [-0.4, -0.2) is 31.1 Å². The Morgan fingerprint density at radius 1 is 0.816 bits per heavy atom.